The van der Waals surface area contributed by atoms with Gasteiger partial charge in [0.2, 0.25) is 5.91 Å². The van der Waals surface area contributed by atoms with Crippen molar-refractivity contribution in [2.45, 2.75) is 51.2 Å². The average molecular weight is 295 g/mol. The maximum Gasteiger partial charge on any atom is 0.230 e. The molecule has 1 aliphatic carbocycles. The van der Waals surface area contributed by atoms with Gasteiger partial charge in [-0.15, -0.1) is 0 Å². The number of hydrogen-bond acceptors (Lipinski definition) is 4. The zero-order valence-electron chi connectivity index (χ0n) is 13.2. The quantitative estimate of drug-likeness (QED) is 0.838. The molecule has 0 aromatic carbocycles. The van der Waals surface area contributed by atoms with Crippen LogP contribution in [0.25, 0.3) is 0 Å². The first-order valence-corrected chi connectivity index (χ1v) is 8.48. The van der Waals surface area contributed by atoms with Crippen LogP contribution in [-0.2, 0) is 9.53 Å². The monoisotopic (exact) mass is 295 g/mol. The highest BCUT2D eigenvalue weighted by atomic mass is 16.5. The smallest absolute Gasteiger partial charge is 0.230 e. The lowest BCUT2D eigenvalue weighted by atomic mass is 9.83. The summed E-state index contributed by atoms with van der Waals surface area (Å²) in [7, 11) is 0. The van der Waals surface area contributed by atoms with Crippen molar-refractivity contribution in [3.8, 4) is 0 Å². The molecule has 1 amide bonds. The van der Waals surface area contributed by atoms with Crippen LogP contribution in [0.1, 0.15) is 39.0 Å². The maximum atomic E-state index is 12.8. The van der Waals surface area contributed by atoms with Crippen molar-refractivity contribution in [2.75, 3.05) is 39.3 Å². The number of carbonyl (C=O) groups excluding carboxylic acids is 1. The lowest BCUT2D eigenvalue weighted by molar-refractivity contribution is -0.143. The van der Waals surface area contributed by atoms with Gasteiger partial charge >= 0.3 is 0 Å². The Morgan fingerprint density at radius 3 is 2.57 bits per heavy atom. The summed E-state index contributed by atoms with van der Waals surface area (Å²) in [5.41, 5.74) is 5.86. The number of nitrogens with two attached hydrogens (primary N) is 1. The topological polar surface area (TPSA) is 58.8 Å². The molecule has 0 radical (unpaired) electrons. The second-order valence-corrected chi connectivity index (χ2v) is 7.14. The molecule has 3 aliphatic rings. The molecule has 0 aromatic heterocycles. The molecule has 3 atom stereocenters. The van der Waals surface area contributed by atoms with Crippen LogP contribution in [0.5, 0.6) is 0 Å². The Labute approximate surface area is 127 Å². The molecule has 120 valence electrons. The Hall–Kier alpha value is -0.650. The highest BCUT2D eigenvalue weighted by Gasteiger charge is 2.45. The van der Waals surface area contributed by atoms with Gasteiger partial charge in [0.1, 0.15) is 0 Å². The third kappa shape index (κ3) is 3.10. The molecule has 3 fully saturated rings. The average Bonchev–Trinajstić information content (AvgIpc) is 3.11. The van der Waals surface area contributed by atoms with E-state index in [2.05, 4.69) is 11.8 Å². The predicted octanol–water partition coefficient (Wildman–Crippen LogP) is 0.827. The van der Waals surface area contributed by atoms with Gasteiger partial charge in [0.05, 0.1) is 11.5 Å². The number of nitrogens with zero attached hydrogens (tertiary/aromatic N) is 2. The predicted molar refractivity (Wildman–Crippen MR) is 81.9 cm³/mol. The molecule has 2 heterocycles. The minimum Gasteiger partial charge on any atom is -0.377 e. The van der Waals surface area contributed by atoms with Gasteiger partial charge in [-0.1, -0.05) is 6.42 Å². The molecule has 3 unspecified atom stereocenters. The molecule has 2 aliphatic heterocycles. The Balaban J connectivity index is 1.49. The fourth-order valence-electron chi connectivity index (χ4n) is 4.03. The molecule has 0 spiro atoms. The Morgan fingerprint density at radius 2 is 2.00 bits per heavy atom. The minimum absolute atomic E-state index is 0.0370. The van der Waals surface area contributed by atoms with Crippen LogP contribution in [0.4, 0.5) is 0 Å². The normalized spacial score (nSPS) is 38.1. The summed E-state index contributed by atoms with van der Waals surface area (Å²) >= 11 is 0. The van der Waals surface area contributed by atoms with Gasteiger partial charge in [-0.2, -0.15) is 0 Å². The molecule has 5 heteroatoms. The number of piperazine rings is 1. The van der Waals surface area contributed by atoms with Crippen LogP contribution in [0.2, 0.25) is 0 Å². The van der Waals surface area contributed by atoms with E-state index in [1.165, 1.54) is 12.8 Å². The first-order valence-electron chi connectivity index (χ1n) is 8.48. The van der Waals surface area contributed by atoms with E-state index in [1.807, 2.05) is 4.90 Å². The first-order chi connectivity index (χ1) is 10.1. The molecular weight excluding hydrogens is 266 g/mol. The summed E-state index contributed by atoms with van der Waals surface area (Å²) in [5, 5.41) is 0. The van der Waals surface area contributed by atoms with E-state index in [0.717, 1.165) is 58.6 Å². The van der Waals surface area contributed by atoms with Crippen LogP contribution in [0.15, 0.2) is 0 Å². The summed E-state index contributed by atoms with van der Waals surface area (Å²) in [5.74, 6) is 0.282. The Kier molecular flexibility index (Phi) is 4.52. The van der Waals surface area contributed by atoms with E-state index in [0.29, 0.717) is 6.10 Å². The molecule has 5 nitrogen and oxygen atoms in total. The second kappa shape index (κ2) is 6.23. The van der Waals surface area contributed by atoms with Gasteiger partial charge < -0.3 is 15.4 Å². The fourth-order valence-corrected chi connectivity index (χ4v) is 4.03. The van der Waals surface area contributed by atoms with Crippen LogP contribution in [0, 0.1) is 5.41 Å². The third-order valence-electron chi connectivity index (χ3n) is 5.66. The fraction of sp³-hybridized carbons (Fsp3) is 0.938. The van der Waals surface area contributed by atoms with Gasteiger partial charge in [0, 0.05) is 45.4 Å². The van der Waals surface area contributed by atoms with E-state index in [-0.39, 0.29) is 17.4 Å². The highest BCUT2D eigenvalue weighted by molar-refractivity contribution is 5.83. The van der Waals surface area contributed by atoms with Crippen molar-refractivity contribution < 1.29 is 9.53 Å². The first kappa shape index (κ1) is 15.3. The highest BCUT2D eigenvalue weighted by Crippen LogP contribution is 2.38. The van der Waals surface area contributed by atoms with Crippen molar-refractivity contribution in [1.82, 2.24) is 9.80 Å². The Morgan fingerprint density at radius 1 is 1.24 bits per heavy atom. The molecule has 1 saturated carbocycles. The Bertz CT molecular complexity index is 376. The van der Waals surface area contributed by atoms with Crippen LogP contribution in [-0.4, -0.2) is 67.2 Å². The number of rotatable bonds is 3. The van der Waals surface area contributed by atoms with Crippen LogP contribution in [0.3, 0.4) is 0 Å². The molecule has 0 aromatic rings. The summed E-state index contributed by atoms with van der Waals surface area (Å²) in [6, 6.07) is 0.0370. The lowest BCUT2D eigenvalue weighted by Crippen LogP contribution is -2.56. The number of ether oxygens (including phenoxy) is 1. The van der Waals surface area contributed by atoms with Crippen molar-refractivity contribution in [3.05, 3.63) is 0 Å². The van der Waals surface area contributed by atoms with Crippen molar-refractivity contribution in [2.24, 2.45) is 11.1 Å². The SMILES string of the molecule is CC1(C(=O)N2CCN(CC3CCCO3)CC2)CCCC1N. The zero-order chi connectivity index (χ0) is 14.9. The lowest BCUT2D eigenvalue weighted by Gasteiger charge is -2.40. The van der Waals surface area contributed by atoms with Crippen molar-refractivity contribution >= 4 is 5.91 Å². The standard InChI is InChI=1S/C16H29N3O2/c1-16(6-2-5-14(16)17)15(20)19-9-7-18(8-10-19)12-13-4-3-11-21-13/h13-14H,2-12,17H2,1H3. The van der Waals surface area contributed by atoms with E-state index in [1.54, 1.807) is 0 Å². The molecular formula is C16H29N3O2. The van der Waals surface area contributed by atoms with E-state index in [4.69, 9.17) is 10.5 Å². The summed E-state index contributed by atoms with van der Waals surface area (Å²) < 4.78 is 5.70. The third-order valence-corrected chi connectivity index (χ3v) is 5.66. The number of amides is 1. The van der Waals surface area contributed by atoms with Gasteiger partial charge in [-0.05, 0) is 32.6 Å². The van der Waals surface area contributed by atoms with Crippen molar-refractivity contribution in [1.29, 1.82) is 0 Å². The number of carbonyl (C=O) groups is 1. The molecule has 21 heavy (non-hydrogen) atoms. The van der Waals surface area contributed by atoms with Gasteiger partial charge in [0.15, 0.2) is 0 Å². The summed E-state index contributed by atoms with van der Waals surface area (Å²) in [6.45, 7) is 7.62. The molecule has 3 rings (SSSR count). The van der Waals surface area contributed by atoms with Gasteiger partial charge in [-0.25, -0.2) is 0 Å². The molecule has 2 N–H and O–H groups in total. The maximum absolute atomic E-state index is 12.8. The van der Waals surface area contributed by atoms with Crippen LogP contribution >= 0.6 is 0 Å². The van der Waals surface area contributed by atoms with E-state index < -0.39 is 0 Å². The van der Waals surface area contributed by atoms with Gasteiger partial charge in [-0.3, -0.25) is 9.69 Å². The zero-order valence-corrected chi connectivity index (χ0v) is 13.2. The summed E-state index contributed by atoms with van der Waals surface area (Å²) in [6.07, 6.45) is 5.81. The summed E-state index contributed by atoms with van der Waals surface area (Å²) in [4.78, 5) is 17.3. The largest absolute Gasteiger partial charge is 0.377 e. The van der Waals surface area contributed by atoms with Gasteiger partial charge in [0.25, 0.3) is 0 Å². The van der Waals surface area contributed by atoms with E-state index in [9.17, 15) is 4.79 Å². The van der Waals surface area contributed by atoms with Crippen LogP contribution < -0.4 is 5.73 Å². The minimum atomic E-state index is -0.323. The van der Waals surface area contributed by atoms with Crippen molar-refractivity contribution in [3.63, 3.8) is 0 Å². The molecule has 2 saturated heterocycles. The number of hydrogen-bond donors (Lipinski definition) is 1. The van der Waals surface area contributed by atoms with E-state index >= 15 is 0 Å². The second-order valence-electron chi connectivity index (χ2n) is 7.14. The molecule has 0 bridgehead atoms.